The Balaban J connectivity index is 2.57. The Bertz CT molecular complexity index is 366. The predicted octanol–water partition coefficient (Wildman–Crippen LogP) is 2.40. The van der Waals surface area contributed by atoms with Crippen LogP contribution < -0.4 is 0 Å². The van der Waals surface area contributed by atoms with Gasteiger partial charge in [0.25, 0.3) is 0 Å². The van der Waals surface area contributed by atoms with Crippen molar-refractivity contribution in [3.05, 3.63) is 47.2 Å². The van der Waals surface area contributed by atoms with Gasteiger partial charge in [0, 0.05) is 0 Å². The highest BCUT2D eigenvalue weighted by atomic mass is 32.1. The molecular formula is C10H8OS. The van der Waals surface area contributed by atoms with Crippen molar-refractivity contribution in [1.82, 2.24) is 0 Å². The third kappa shape index (κ3) is 1.04. The van der Waals surface area contributed by atoms with Gasteiger partial charge < -0.3 is 5.11 Å². The number of aliphatic hydroxyl groups excluding tert-OH is 1. The van der Waals surface area contributed by atoms with Crippen LogP contribution in [-0.4, -0.2) is 9.97 Å². The average Bonchev–Trinajstić information content (AvgIpc) is 2.12. The number of benzene rings is 1. The molecule has 2 rings (SSSR count). The summed E-state index contributed by atoms with van der Waals surface area (Å²) in [4.78, 5) is 0.567. The second kappa shape index (κ2) is 2.72. The molecule has 0 unspecified atom stereocenters. The van der Waals surface area contributed by atoms with Crippen LogP contribution in [-0.2, 0) is 6.42 Å². The Morgan fingerprint density at radius 1 is 1.25 bits per heavy atom. The van der Waals surface area contributed by atoms with Crippen LogP contribution in [0, 0.1) is 0 Å². The number of allylic oxidation sites excluding steroid dienone is 2. The van der Waals surface area contributed by atoms with Crippen LogP contribution >= 0.6 is 12.2 Å². The van der Waals surface area contributed by atoms with Crippen LogP contribution in [0.15, 0.2) is 36.1 Å². The smallest absolute Gasteiger partial charge is 0.130 e. The summed E-state index contributed by atoms with van der Waals surface area (Å²) in [5.41, 5.74) is 2.19. The highest BCUT2D eigenvalue weighted by molar-refractivity contribution is 7.81. The minimum absolute atomic E-state index is 0.240. The first-order chi connectivity index (χ1) is 5.79. The third-order valence-electron chi connectivity index (χ3n) is 2.01. The van der Waals surface area contributed by atoms with Gasteiger partial charge >= 0.3 is 0 Å². The summed E-state index contributed by atoms with van der Waals surface area (Å²) in [6, 6.07) is 7.90. The normalized spacial score (nSPS) is 15.3. The van der Waals surface area contributed by atoms with Crippen LogP contribution in [0.5, 0.6) is 0 Å². The van der Waals surface area contributed by atoms with Crippen molar-refractivity contribution in [2.75, 3.05) is 0 Å². The largest absolute Gasteiger partial charge is 0.507 e. The van der Waals surface area contributed by atoms with E-state index in [1.807, 2.05) is 24.3 Å². The molecule has 0 radical (unpaired) electrons. The van der Waals surface area contributed by atoms with E-state index < -0.39 is 0 Å². The van der Waals surface area contributed by atoms with Crippen molar-refractivity contribution in [3.8, 4) is 0 Å². The summed E-state index contributed by atoms with van der Waals surface area (Å²) in [5.74, 6) is 0.240. The minimum atomic E-state index is 0.240. The minimum Gasteiger partial charge on any atom is -0.507 e. The number of aliphatic hydroxyl groups is 1. The fraction of sp³-hybridized carbons (Fsp3) is 0.100. The number of hydrogen-bond acceptors (Lipinski definition) is 2. The molecule has 0 aromatic heterocycles. The quantitative estimate of drug-likeness (QED) is 0.612. The van der Waals surface area contributed by atoms with Gasteiger partial charge in [-0.05, 0) is 23.6 Å². The van der Waals surface area contributed by atoms with Gasteiger partial charge in [0.15, 0.2) is 0 Å². The summed E-state index contributed by atoms with van der Waals surface area (Å²) >= 11 is 5.06. The summed E-state index contributed by atoms with van der Waals surface area (Å²) in [5, 5.41) is 9.34. The molecule has 0 fully saturated rings. The molecule has 2 heteroatoms. The van der Waals surface area contributed by atoms with Gasteiger partial charge in [-0.25, -0.2) is 0 Å². The van der Waals surface area contributed by atoms with Gasteiger partial charge in [0.1, 0.15) is 5.76 Å². The molecular weight excluding hydrogens is 168 g/mol. The predicted molar refractivity (Wildman–Crippen MR) is 52.6 cm³/mol. The van der Waals surface area contributed by atoms with Crippen molar-refractivity contribution >= 4 is 17.1 Å². The van der Waals surface area contributed by atoms with E-state index >= 15 is 0 Å². The molecule has 1 nitrogen and oxygen atoms in total. The molecule has 0 heterocycles. The fourth-order valence-corrected chi connectivity index (χ4v) is 1.64. The zero-order chi connectivity index (χ0) is 8.55. The lowest BCUT2D eigenvalue weighted by molar-refractivity contribution is 0.442. The summed E-state index contributed by atoms with van der Waals surface area (Å²) in [7, 11) is 0. The molecule has 0 aliphatic heterocycles. The molecule has 0 atom stereocenters. The molecule has 0 bridgehead atoms. The van der Waals surface area contributed by atoms with Crippen molar-refractivity contribution in [2.24, 2.45) is 0 Å². The summed E-state index contributed by atoms with van der Waals surface area (Å²) in [6.45, 7) is 0. The van der Waals surface area contributed by atoms with Crippen LogP contribution in [0.2, 0.25) is 0 Å². The first-order valence-electron chi connectivity index (χ1n) is 3.81. The van der Waals surface area contributed by atoms with Gasteiger partial charge in [-0.1, -0.05) is 36.5 Å². The molecule has 1 aromatic rings. The molecule has 1 aromatic carbocycles. The van der Waals surface area contributed by atoms with Gasteiger partial charge in [0.05, 0.1) is 4.86 Å². The molecule has 0 spiro atoms. The number of hydrogen-bond donors (Lipinski definition) is 1. The van der Waals surface area contributed by atoms with Crippen LogP contribution in [0.4, 0.5) is 0 Å². The van der Waals surface area contributed by atoms with Gasteiger partial charge in [-0.3, -0.25) is 0 Å². The maximum absolute atomic E-state index is 9.34. The lowest BCUT2D eigenvalue weighted by atomic mass is 9.96. The second-order valence-electron chi connectivity index (χ2n) is 2.78. The lowest BCUT2D eigenvalue weighted by Crippen LogP contribution is -2.10. The Morgan fingerprint density at radius 2 is 2.00 bits per heavy atom. The molecule has 12 heavy (non-hydrogen) atoms. The molecule has 60 valence electrons. The average molecular weight is 176 g/mol. The third-order valence-corrected chi connectivity index (χ3v) is 2.44. The molecule has 0 amide bonds. The van der Waals surface area contributed by atoms with Gasteiger partial charge in [-0.15, -0.1) is 0 Å². The zero-order valence-corrected chi connectivity index (χ0v) is 7.27. The van der Waals surface area contributed by atoms with Crippen LogP contribution in [0.25, 0.3) is 0 Å². The summed E-state index contributed by atoms with van der Waals surface area (Å²) < 4.78 is 0. The number of thiocarbonyl (C=S) groups is 1. The van der Waals surface area contributed by atoms with Crippen molar-refractivity contribution < 1.29 is 5.11 Å². The SMILES string of the molecule is OC1=CCc2ccccc2C1=S. The Labute approximate surface area is 76.3 Å². The zero-order valence-electron chi connectivity index (χ0n) is 6.45. The summed E-state index contributed by atoms with van der Waals surface area (Å²) in [6.07, 6.45) is 2.53. The topological polar surface area (TPSA) is 20.2 Å². The lowest BCUT2D eigenvalue weighted by Gasteiger charge is -2.13. The van der Waals surface area contributed by atoms with Crippen molar-refractivity contribution in [3.63, 3.8) is 0 Å². The highest BCUT2D eigenvalue weighted by Crippen LogP contribution is 2.19. The van der Waals surface area contributed by atoms with E-state index in [9.17, 15) is 5.11 Å². The first kappa shape index (κ1) is 7.50. The molecule has 1 aliphatic rings. The Kier molecular flexibility index (Phi) is 1.70. The van der Waals surface area contributed by atoms with E-state index in [4.69, 9.17) is 12.2 Å². The monoisotopic (exact) mass is 176 g/mol. The fourth-order valence-electron chi connectivity index (χ4n) is 1.36. The van der Waals surface area contributed by atoms with Gasteiger partial charge in [0.2, 0.25) is 0 Å². The van der Waals surface area contributed by atoms with E-state index in [0.717, 1.165) is 12.0 Å². The Hall–Kier alpha value is -1.15. The second-order valence-corrected chi connectivity index (χ2v) is 3.19. The van der Waals surface area contributed by atoms with E-state index in [-0.39, 0.29) is 5.76 Å². The van der Waals surface area contributed by atoms with Crippen molar-refractivity contribution in [2.45, 2.75) is 6.42 Å². The Morgan fingerprint density at radius 3 is 2.83 bits per heavy atom. The standard InChI is InChI=1S/C10H8OS/c11-9-6-5-7-3-1-2-4-8(7)10(9)12/h1-4,6,11H,5H2. The first-order valence-corrected chi connectivity index (χ1v) is 4.21. The van der Waals surface area contributed by atoms with E-state index in [2.05, 4.69) is 0 Å². The van der Waals surface area contributed by atoms with Crippen molar-refractivity contribution in [1.29, 1.82) is 0 Å². The number of fused-ring (bicyclic) bond motifs is 1. The number of rotatable bonds is 0. The van der Waals surface area contributed by atoms with E-state index in [1.54, 1.807) is 6.08 Å². The van der Waals surface area contributed by atoms with Crippen LogP contribution in [0.3, 0.4) is 0 Å². The molecule has 1 N–H and O–H groups in total. The molecule has 0 saturated carbocycles. The molecule has 0 saturated heterocycles. The van der Waals surface area contributed by atoms with Crippen LogP contribution in [0.1, 0.15) is 11.1 Å². The van der Waals surface area contributed by atoms with E-state index in [1.165, 1.54) is 5.56 Å². The van der Waals surface area contributed by atoms with Gasteiger partial charge in [-0.2, -0.15) is 0 Å². The molecule has 1 aliphatic carbocycles. The maximum Gasteiger partial charge on any atom is 0.130 e. The maximum atomic E-state index is 9.34. The highest BCUT2D eigenvalue weighted by Gasteiger charge is 2.14. The van der Waals surface area contributed by atoms with E-state index in [0.29, 0.717) is 4.86 Å².